The first kappa shape index (κ1) is 15.8. The van der Waals surface area contributed by atoms with Crippen molar-refractivity contribution < 1.29 is 9.53 Å². The average Bonchev–Trinajstić information content (AvgIpc) is 2.48. The Morgan fingerprint density at radius 1 is 1.48 bits per heavy atom. The normalized spacial score (nSPS) is 19.8. The summed E-state index contributed by atoms with van der Waals surface area (Å²) in [5, 5.41) is 7.05. The van der Waals surface area contributed by atoms with Gasteiger partial charge in [0.2, 0.25) is 0 Å². The lowest BCUT2D eigenvalue weighted by Crippen LogP contribution is -2.37. The van der Waals surface area contributed by atoms with Gasteiger partial charge in [0.15, 0.2) is 0 Å². The van der Waals surface area contributed by atoms with Crippen LogP contribution < -0.4 is 10.6 Å². The van der Waals surface area contributed by atoms with E-state index in [4.69, 9.17) is 4.74 Å². The van der Waals surface area contributed by atoms with Gasteiger partial charge in [0.1, 0.15) is 0 Å². The van der Waals surface area contributed by atoms with E-state index in [9.17, 15) is 4.79 Å². The molecule has 1 aliphatic rings. The fourth-order valence-electron chi connectivity index (χ4n) is 2.85. The lowest BCUT2D eigenvalue weighted by Gasteiger charge is -2.27. The number of nitrogens with one attached hydrogen (secondary N) is 2. The second-order valence-electron chi connectivity index (χ2n) is 5.73. The van der Waals surface area contributed by atoms with Crippen LogP contribution >= 0.6 is 0 Å². The lowest BCUT2D eigenvalue weighted by atomic mass is 9.98. The Bertz CT molecular complexity index is 456. The largest absolute Gasteiger partial charge is 0.462 e. The minimum absolute atomic E-state index is 0.261. The molecule has 2 atom stereocenters. The van der Waals surface area contributed by atoms with E-state index in [1.807, 2.05) is 25.1 Å². The topological polar surface area (TPSA) is 50.4 Å². The zero-order valence-electron chi connectivity index (χ0n) is 13.0. The molecule has 4 nitrogen and oxygen atoms in total. The molecule has 1 saturated heterocycles. The molecule has 4 heteroatoms. The van der Waals surface area contributed by atoms with Crippen molar-refractivity contribution in [2.75, 3.05) is 18.5 Å². The molecule has 116 valence electrons. The first-order valence-electron chi connectivity index (χ1n) is 7.96. The Balaban J connectivity index is 1.89. The zero-order valence-corrected chi connectivity index (χ0v) is 13.0. The van der Waals surface area contributed by atoms with Crippen molar-refractivity contribution in [1.82, 2.24) is 5.32 Å². The van der Waals surface area contributed by atoms with Crippen LogP contribution in [0.3, 0.4) is 0 Å². The van der Waals surface area contributed by atoms with Crippen LogP contribution in [0.15, 0.2) is 24.3 Å². The number of anilines is 1. The molecule has 0 bridgehead atoms. The molecule has 0 radical (unpaired) electrons. The summed E-state index contributed by atoms with van der Waals surface area (Å²) in [5.74, 6) is -0.261. The maximum Gasteiger partial charge on any atom is 0.338 e. The maximum atomic E-state index is 11.7. The van der Waals surface area contributed by atoms with Gasteiger partial charge in [-0.05, 0) is 57.9 Å². The van der Waals surface area contributed by atoms with E-state index in [1.54, 1.807) is 6.07 Å². The second kappa shape index (κ2) is 8.03. The van der Waals surface area contributed by atoms with Gasteiger partial charge in [-0.15, -0.1) is 0 Å². The maximum absolute atomic E-state index is 11.7. The smallest absolute Gasteiger partial charge is 0.338 e. The highest BCUT2D eigenvalue weighted by Crippen LogP contribution is 2.17. The van der Waals surface area contributed by atoms with Crippen molar-refractivity contribution in [3.05, 3.63) is 29.8 Å². The number of esters is 1. The van der Waals surface area contributed by atoms with E-state index in [0.29, 0.717) is 24.3 Å². The van der Waals surface area contributed by atoms with Crippen LogP contribution in [0, 0.1) is 0 Å². The Morgan fingerprint density at radius 2 is 2.33 bits per heavy atom. The van der Waals surface area contributed by atoms with Crippen molar-refractivity contribution in [3.8, 4) is 0 Å². The molecule has 0 saturated carbocycles. The molecule has 2 unspecified atom stereocenters. The number of ether oxygens (including phenoxy) is 1. The van der Waals surface area contributed by atoms with Gasteiger partial charge in [-0.2, -0.15) is 0 Å². The van der Waals surface area contributed by atoms with Crippen LogP contribution in [0.1, 0.15) is 49.9 Å². The SMILES string of the molecule is CCOC(=O)c1cccc(NC(C)CC2CCCCN2)c1. The first-order valence-corrected chi connectivity index (χ1v) is 7.96. The molecule has 0 amide bonds. The summed E-state index contributed by atoms with van der Waals surface area (Å²) in [6, 6.07) is 8.51. The first-order chi connectivity index (χ1) is 10.2. The molecular weight excluding hydrogens is 264 g/mol. The molecule has 0 aliphatic carbocycles. The summed E-state index contributed by atoms with van der Waals surface area (Å²) < 4.78 is 5.03. The molecule has 1 aromatic carbocycles. The van der Waals surface area contributed by atoms with E-state index in [0.717, 1.165) is 18.7 Å². The number of carbonyl (C=O) groups is 1. The summed E-state index contributed by atoms with van der Waals surface area (Å²) in [6.45, 7) is 5.54. The van der Waals surface area contributed by atoms with E-state index >= 15 is 0 Å². The van der Waals surface area contributed by atoms with Gasteiger partial charge >= 0.3 is 5.97 Å². The van der Waals surface area contributed by atoms with E-state index in [-0.39, 0.29) is 5.97 Å². The number of rotatable bonds is 6. The van der Waals surface area contributed by atoms with Gasteiger partial charge < -0.3 is 15.4 Å². The summed E-state index contributed by atoms with van der Waals surface area (Å²) in [5.41, 5.74) is 1.58. The molecule has 0 spiro atoms. The molecule has 21 heavy (non-hydrogen) atoms. The van der Waals surface area contributed by atoms with Gasteiger partial charge in [0.05, 0.1) is 12.2 Å². The number of carbonyl (C=O) groups excluding carboxylic acids is 1. The number of benzene rings is 1. The van der Waals surface area contributed by atoms with Crippen molar-refractivity contribution >= 4 is 11.7 Å². The van der Waals surface area contributed by atoms with E-state index < -0.39 is 0 Å². The third-order valence-electron chi connectivity index (χ3n) is 3.84. The third-order valence-corrected chi connectivity index (χ3v) is 3.84. The van der Waals surface area contributed by atoms with E-state index in [2.05, 4.69) is 17.6 Å². The third kappa shape index (κ3) is 5.05. The molecule has 1 aromatic rings. The molecule has 1 fully saturated rings. The molecule has 1 heterocycles. The van der Waals surface area contributed by atoms with Crippen LogP contribution in [-0.2, 0) is 4.74 Å². The monoisotopic (exact) mass is 290 g/mol. The highest BCUT2D eigenvalue weighted by atomic mass is 16.5. The van der Waals surface area contributed by atoms with Crippen LogP contribution in [-0.4, -0.2) is 31.2 Å². The number of hydrogen-bond donors (Lipinski definition) is 2. The minimum atomic E-state index is -0.261. The van der Waals surface area contributed by atoms with E-state index in [1.165, 1.54) is 19.3 Å². The Labute approximate surface area is 127 Å². The molecule has 1 aliphatic heterocycles. The summed E-state index contributed by atoms with van der Waals surface area (Å²) in [7, 11) is 0. The summed E-state index contributed by atoms with van der Waals surface area (Å²) >= 11 is 0. The van der Waals surface area contributed by atoms with Crippen LogP contribution in [0.25, 0.3) is 0 Å². The zero-order chi connectivity index (χ0) is 15.1. The fourth-order valence-corrected chi connectivity index (χ4v) is 2.85. The minimum Gasteiger partial charge on any atom is -0.462 e. The molecular formula is C17H26N2O2. The highest BCUT2D eigenvalue weighted by Gasteiger charge is 2.16. The highest BCUT2D eigenvalue weighted by molar-refractivity contribution is 5.90. The summed E-state index contributed by atoms with van der Waals surface area (Å²) in [6.07, 6.45) is 4.97. The molecule has 2 N–H and O–H groups in total. The predicted molar refractivity (Wildman–Crippen MR) is 85.7 cm³/mol. The quantitative estimate of drug-likeness (QED) is 0.790. The van der Waals surface area contributed by atoms with Crippen LogP contribution in [0.2, 0.25) is 0 Å². The van der Waals surface area contributed by atoms with Gasteiger partial charge in [-0.1, -0.05) is 12.5 Å². The van der Waals surface area contributed by atoms with Crippen LogP contribution in [0.4, 0.5) is 5.69 Å². The Hall–Kier alpha value is -1.55. The lowest BCUT2D eigenvalue weighted by molar-refractivity contribution is 0.0526. The van der Waals surface area contributed by atoms with Gasteiger partial charge in [0, 0.05) is 17.8 Å². The Kier molecular flexibility index (Phi) is 6.05. The van der Waals surface area contributed by atoms with Gasteiger partial charge in [-0.25, -0.2) is 4.79 Å². The van der Waals surface area contributed by atoms with Crippen molar-refractivity contribution in [3.63, 3.8) is 0 Å². The molecule has 2 rings (SSSR count). The standard InChI is InChI=1S/C17H26N2O2/c1-3-21-17(20)14-7-6-9-16(12-14)19-13(2)11-15-8-4-5-10-18-15/h6-7,9,12-13,15,18-19H,3-5,8,10-11H2,1-2H3. The number of hydrogen-bond acceptors (Lipinski definition) is 4. The predicted octanol–water partition coefficient (Wildman–Crippen LogP) is 3.20. The summed E-state index contributed by atoms with van der Waals surface area (Å²) in [4.78, 5) is 11.7. The van der Waals surface area contributed by atoms with Gasteiger partial charge in [0.25, 0.3) is 0 Å². The number of piperidine rings is 1. The Morgan fingerprint density at radius 3 is 3.05 bits per heavy atom. The fraction of sp³-hybridized carbons (Fsp3) is 0.588. The van der Waals surface area contributed by atoms with Crippen molar-refractivity contribution in [2.45, 2.75) is 51.6 Å². The molecule has 0 aromatic heterocycles. The van der Waals surface area contributed by atoms with Crippen molar-refractivity contribution in [1.29, 1.82) is 0 Å². The van der Waals surface area contributed by atoms with Crippen LogP contribution in [0.5, 0.6) is 0 Å². The van der Waals surface area contributed by atoms with Crippen molar-refractivity contribution in [2.24, 2.45) is 0 Å². The average molecular weight is 290 g/mol. The van der Waals surface area contributed by atoms with Gasteiger partial charge in [-0.3, -0.25) is 0 Å². The second-order valence-corrected chi connectivity index (χ2v) is 5.73.